The summed E-state index contributed by atoms with van der Waals surface area (Å²) in [6, 6.07) is 4.00. The van der Waals surface area contributed by atoms with Gasteiger partial charge in [-0.1, -0.05) is 18.2 Å². The molecule has 0 aliphatic heterocycles. The first kappa shape index (κ1) is 12.5. The van der Waals surface area contributed by atoms with Crippen LogP contribution in [0.1, 0.15) is 0 Å². The maximum absolute atomic E-state index is 10.5. The van der Waals surface area contributed by atoms with Crippen LogP contribution in [0.4, 0.5) is 5.69 Å². The van der Waals surface area contributed by atoms with Crippen molar-refractivity contribution in [3.8, 4) is 5.75 Å². The molecule has 1 rings (SSSR count). The zero-order valence-corrected chi connectivity index (χ0v) is 9.24. The van der Waals surface area contributed by atoms with Crippen molar-refractivity contribution in [3.05, 3.63) is 45.5 Å². The Morgan fingerprint density at radius 2 is 2.31 bits per heavy atom. The van der Waals surface area contributed by atoms with Crippen LogP contribution in [0.15, 0.2) is 30.4 Å². The Morgan fingerprint density at radius 3 is 2.88 bits per heavy atom. The molecule has 86 valence electrons. The lowest BCUT2D eigenvalue weighted by Crippen LogP contribution is -2.10. The highest BCUT2D eigenvalue weighted by molar-refractivity contribution is 6.32. The van der Waals surface area contributed by atoms with E-state index in [-0.39, 0.29) is 18.0 Å². The fraction of sp³-hybridized carbons (Fsp3) is 0.200. The number of non-ortho nitro benzene ring substituents is 1. The van der Waals surface area contributed by atoms with Gasteiger partial charge in [-0.25, -0.2) is 0 Å². The maximum Gasteiger partial charge on any atom is 0.273 e. The lowest BCUT2D eigenvalue weighted by molar-refractivity contribution is -0.384. The molecule has 1 aromatic carbocycles. The minimum absolute atomic E-state index is 0.0715. The molecule has 5 nitrogen and oxygen atoms in total. The van der Waals surface area contributed by atoms with E-state index in [4.69, 9.17) is 22.1 Å². The fourth-order valence-electron chi connectivity index (χ4n) is 0.955. The van der Waals surface area contributed by atoms with Crippen LogP contribution >= 0.6 is 11.6 Å². The molecule has 0 unspecified atom stereocenters. The second-order valence-corrected chi connectivity index (χ2v) is 3.52. The van der Waals surface area contributed by atoms with Crippen LogP contribution in [-0.2, 0) is 0 Å². The first-order valence-corrected chi connectivity index (χ1v) is 4.86. The number of benzene rings is 1. The molecule has 16 heavy (non-hydrogen) atoms. The lowest BCUT2D eigenvalue weighted by atomic mass is 10.3. The third kappa shape index (κ3) is 3.22. The van der Waals surface area contributed by atoms with E-state index < -0.39 is 4.92 Å². The standard InChI is InChI=1S/C10H11ClN2O3/c1-7(5-12)6-16-10-4-8(13(14)15)2-3-9(10)11/h2-4H,1,5-6,12H2. The molecule has 2 N–H and O–H groups in total. The number of hydrogen-bond acceptors (Lipinski definition) is 4. The van der Waals surface area contributed by atoms with Gasteiger partial charge in [0.25, 0.3) is 5.69 Å². The zero-order chi connectivity index (χ0) is 12.1. The molecular weight excluding hydrogens is 232 g/mol. The summed E-state index contributed by atoms with van der Waals surface area (Å²) in [6.07, 6.45) is 0. The Hall–Kier alpha value is -1.59. The average molecular weight is 243 g/mol. The van der Waals surface area contributed by atoms with Gasteiger partial charge >= 0.3 is 0 Å². The minimum atomic E-state index is -0.513. The van der Waals surface area contributed by atoms with Crippen LogP contribution < -0.4 is 10.5 Å². The molecule has 0 bridgehead atoms. The number of nitro benzene ring substituents is 1. The van der Waals surface area contributed by atoms with Gasteiger partial charge in [0.1, 0.15) is 12.4 Å². The molecule has 0 saturated heterocycles. The molecule has 6 heteroatoms. The number of halogens is 1. The SMILES string of the molecule is C=C(CN)COc1cc([N+](=O)[O-])ccc1Cl. The number of nitro groups is 1. The van der Waals surface area contributed by atoms with Crippen molar-refractivity contribution in [1.82, 2.24) is 0 Å². The zero-order valence-electron chi connectivity index (χ0n) is 8.48. The van der Waals surface area contributed by atoms with Crippen LogP contribution in [-0.4, -0.2) is 18.1 Å². The van der Waals surface area contributed by atoms with E-state index >= 15 is 0 Å². The van der Waals surface area contributed by atoms with Gasteiger partial charge in [-0.3, -0.25) is 10.1 Å². The topological polar surface area (TPSA) is 78.4 Å². The first-order valence-electron chi connectivity index (χ1n) is 4.48. The Balaban J connectivity index is 2.82. The Kier molecular flexibility index (Phi) is 4.28. The van der Waals surface area contributed by atoms with E-state index in [0.717, 1.165) is 0 Å². The summed E-state index contributed by atoms with van der Waals surface area (Å²) in [5, 5.41) is 10.8. The largest absolute Gasteiger partial charge is 0.487 e. The molecule has 1 aromatic rings. The molecule has 0 heterocycles. The van der Waals surface area contributed by atoms with Crippen molar-refractivity contribution >= 4 is 17.3 Å². The van der Waals surface area contributed by atoms with Crippen molar-refractivity contribution in [2.75, 3.05) is 13.2 Å². The van der Waals surface area contributed by atoms with Crippen molar-refractivity contribution in [3.63, 3.8) is 0 Å². The molecule has 0 radical (unpaired) electrons. The number of nitrogens with two attached hydrogens (primary N) is 1. The number of hydrogen-bond donors (Lipinski definition) is 1. The summed E-state index contributed by atoms with van der Waals surface area (Å²) in [5.41, 5.74) is 5.94. The predicted octanol–water partition coefficient (Wildman–Crippen LogP) is 2.14. The van der Waals surface area contributed by atoms with Crippen LogP contribution in [0.2, 0.25) is 5.02 Å². The summed E-state index contributed by atoms with van der Waals surface area (Å²) in [4.78, 5) is 10.0. The average Bonchev–Trinajstić information content (AvgIpc) is 2.27. The van der Waals surface area contributed by atoms with Gasteiger partial charge in [0.2, 0.25) is 0 Å². The molecule has 0 amide bonds. The van der Waals surface area contributed by atoms with Gasteiger partial charge in [-0.15, -0.1) is 0 Å². The van der Waals surface area contributed by atoms with Crippen molar-refractivity contribution in [2.24, 2.45) is 5.73 Å². The molecule has 0 spiro atoms. The normalized spacial score (nSPS) is 9.88. The van der Waals surface area contributed by atoms with Crippen LogP contribution in [0.3, 0.4) is 0 Å². The van der Waals surface area contributed by atoms with Gasteiger partial charge in [0, 0.05) is 12.6 Å². The third-order valence-electron chi connectivity index (χ3n) is 1.85. The van der Waals surface area contributed by atoms with Gasteiger partial charge in [0.15, 0.2) is 0 Å². The lowest BCUT2D eigenvalue weighted by Gasteiger charge is -2.08. The molecule has 0 fully saturated rings. The van der Waals surface area contributed by atoms with Crippen molar-refractivity contribution in [2.45, 2.75) is 0 Å². The van der Waals surface area contributed by atoms with Crippen molar-refractivity contribution in [1.29, 1.82) is 0 Å². The van der Waals surface area contributed by atoms with Crippen LogP contribution in [0.25, 0.3) is 0 Å². The van der Waals surface area contributed by atoms with E-state index in [1.54, 1.807) is 0 Å². The predicted molar refractivity (Wildman–Crippen MR) is 61.8 cm³/mol. The second-order valence-electron chi connectivity index (χ2n) is 3.11. The van der Waals surface area contributed by atoms with Crippen LogP contribution in [0, 0.1) is 10.1 Å². The number of rotatable bonds is 5. The second kappa shape index (κ2) is 5.48. The summed E-state index contributed by atoms with van der Waals surface area (Å²) in [6.45, 7) is 4.14. The van der Waals surface area contributed by atoms with Gasteiger partial charge in [-0.2, -0.15) is 0 Å². The van der Waals surface area contributed by atoms with E-state index in [0.29, 0.717) is 17.1 Å². The third-order valence-corrected chi connectivity index (χ3v) is 2.16. The summed E-state index contributed by atoms with van der Waals surface area (Å²) in [5.74, 6) is 0.255. The summed E-state index contributed by atoms with van der Waals surface area (Å²) >= 11 is 5.82. The molecule has 0 saturated carbocycles. The summed E-state index contributed by atoms with van der Waals surface area (Å²) in [7, 11) is 0. The Morgan fingerprint density at radius 1 is 1.62 bits per heavy atom. The smallest absolute Gasteiger partial charge is 0.273 e. The molecular formula is C10H11ClN2O3. The highest BCUT2D eigenvalue weighted by Gasteiger charge is 2.10. The quantitative estimate of drug-likeness (QED) is 0.487. The molecule has 0 aliphatic rings. The minimum Gasteiger partial charge on any atom is -0.487 e. The Bertz CT molecular complexity index is 421. The Labute approximate surface area is 97.6 Å². The van der Waals surface area contributed by atoms with Crippen LogP contribution in [0.5, 0.6) is 5.75 Å². The summed E-state index contributed by atoms with van der Waals surface area (Å²) < 4.78 is 5.26. The fourth-order valence-corrected chi connectivity index (χ4v) is 1.13. The van der Waals surface area contributed by atoms with Gasteiger partial charge in [0.05, 0.1) is 16.0 Å². The van der Waals surface area contributed by atoms with Gasteiger partial charge < -0.3 is 10.5 Å². The van der Waals surface area contributed by atoms with Gasteiger partial charge in [-0.05, 0) is 11.6 Å². The molecule has 0 aromatic heterocycles. The van der Waals surface area contributed by atoms with E-state index in [1.165, 1.54) is 18.2 Å². The van der Waals surface area contributed by atoms with E-state index in [1.807, 2.05) is 0 Å². The highest BCUT2D eigenvalue weighted by atomic mass is 35.5. The molecule has 0 aliphatic carbocycles. The number of ether oxygens (including phenoxy) is 1. The highest BCUT2D eigenvalue weighted by Crippen LogP contribution is 2.28. The molecule has 0 atom stereocenters. The number of nitrogens with zero attached hydrogens (tertiary/aromatic N) is 1. The maximum atomic E-state index is 10.5. The monoisotopic (exact) mass is 242 g/mol. The first-order chi connectivity index (χ1) is 7.54. The van der Waals surface area contributed by atoms with Crippen molar-refractivity contribution < 1.29 is 9.66 Å². The van der Waals surface area contributed by atoms with E-state index in [2.05, 4.69) is 6.58 Å². The van der Waals surface area contributed by atoms with E-state index in [9.17, 15) is 10.1 Å².